The Hall–Kier alpha value is -3.39. The first-order chi connectivity index (χ1) is 15.0. The molecule has 0 saturated carbocycles. The maximum atomic E-state index is 13.2. The topological polar surface area (TPSA) is 81.8 Å². The minimum atomic E-state index is -0.239. The summed E-state index contributed by atoms with van der Waals surface area (Å²) in [7, 11) is 0. The molecule has 0 aliphatic carbocycles. The number of carbonyl (C=O) groups excluding carboxylic acids is 1. The van der Waals surface area contributed by atoms with Gasteiger partial charge >= 0.3 is 0 Å². The van der Waals surface area contributed by atoms with Crippen LogP contribution >= 0.6 is 11.8 Å². The van der Waals surface area contributed by atoms with Gasteiger partial charge in [0.2, 0.25) is 5.91 Å². The van der Waals surface area contributed by atoms with Crippen LogP contribution in [0.4, 0.5) is 5.69 Å². The molecule has 1 aliphatic rings. The number of carbonyl (C=O) groups is 1. The van der Waals surface area contributed by atoms with Gasteiger partial charge in [0.15, 0.2) is 10.8 Å². The lowest BCUT2D eigenvalue weighted by molar-refractivity contribution is -0.116. The highest BCUT2D eigenvalue weighted by Crippen LogP contribution is 2.33. The van der Waals surface area contributed by atoms with Crippen LogP contribution in [-0.2, 0) is 4.79 Å². The molecule has 1 unspecified atom stereocenters. The molecule has 0 spiro atoms. The number of amides is 1. The fourth-order valence-electron chi connectivity index (χ4n) is 3.79. The number of nitrogens with zero attached hydrogens (tertiary/aromatic N) is 4. The number of nitrogens with one attached hydrogen (secondary N) is 1. The summed E-state index contributed by atoms with van der Waals surface area (Å²) >= 11 is 1.50. The summed E-state index contributed by atoms with van der Waals surface area (Å²) in [6, 6.07) is 15.3. The number of benzene rings is 2. The monoisotopic (exact) mass is 431 g/mol. The molecule has 0 radical (unpaired) electrons. The Kier molecular flexibility index (Phi) is 4.86. The Morgan fingerprint density at radius 1 is 1.16 bits per heavy atom. The van der Waals surface area contributed by atoms with Gasteiger partial charge in [0, 0.05) is 17.9 Å². The minimum absolute atomic E-state index is 0.121. The first kappa shape index (κ1) is 19.6. The molecule has 1 atom stereocenters. The van der Waals surface area contributed by atoms with Crippen LogP contribution in [-0.4, -0.2) is 31.0 Å². The SMILES string of the molecule is Cc1ccc(NC(=O)CC2CSc3nc4c(cnn4-c4cccc(C)c4)c(=O)n32)cc1. The number of thioether (sulfide) groups is 1. The number of hydrogen-bond donors (Lipinski definition) is 1. The molecule has 7 nitrogen and oxygen atoms in total. The maximum Gasteiger partial charge on any atom is 0.265 e. The average molecular weight is 432 g/mol. The molecule has 156 valence electrons. The molecule has 2 aromatic heterocycles. The standard InChI is InChI=1S/C23H21N5O2S/c1-14-6-8-16(9-7-14)25-20(29)11-18-13-31-23-26-21-19(22(30)27(18)23)12-24-28(21)17-5-3-4-15(2)10-17/h3-10,12,18H,11,13H2,1-2H3,(H,25,29). The second-order valence-electron chi connectivity index (χ2n) is 7.79. The van der Waals surface area contributed by atoms with E-state index in [4.69, 9.17) is 4.98 Å². The molecule has 4 aromatic rings. The van der Waals surface area contributed by atoms with Crippen molar-refractivity contribution in [3.8, 4) is 5.69 Å². The van der Waals surface area contributed by atoms with Crippen LogP contribution in [0.2, 0.25) is 0 Å². The molecule has 0 fully saturated rings. The number of hydrogen-bond acceptors (Lipinski definition) is 5. The van der Waals surface area contributed by atoms with E-state index in [1.807, 2.05) is 62.4 Å². The van der Waals surface area contributed by atoms with E-state index in [0.717, 1.165) is 22.5 Å². The van der Waals surface area contributed by atoms with E-state index >= 15 is 0 Å². The van der Waals surface area contributed by atoms with Crippen LogP contribution in [0, 0.1) is 13.8 Å². The lowest BCUT2D eigenvalue weighted by Crippen LogP contribution is -2.27. The molecule has 0 bridgehead atoms. The maximum absolute atomic E-state index is 13.2. The quantitative estimate of drug-likeness (QED) is 0.496. The van der Waals surface area contributed by atoms with Crippen LogP contribution in [0.15, 0.2) is 64.7 Å². The van der Waals surface area contributed by atoms with Crippen molar-refractivity contribution in [1.82, 2.24) is 19.3 Å². The summed E-state index contributed by atoms with van der Waals surface area (Å²) in [5.74, 6) is 0.512. The van der Waals surface area contributed by atoms with Gasteiger partial charge in [-0.25, -0.2) is 9.67 Å². The predicted octanol–water partition coefficient (Wildman–Crippen LogP) is 3.87. The molecule has 8 heteroatoms. The lowest BCUT2D eigenvalue weighted by Gasteiger charge is -2.13. The van der Waals surface area contributed by atoms with Gasteiger partial charge in [0.25, 0.3) is 5.56 Å². The highest BCUT2D eigenvalue weighted by atomic mass is 32.2. The van der Waals surface area contributed by atoms with E-state index in [1.165, 1.54) is 11.8 Å². The minimum Gasteiger partial charge on any atom is -0.326 e. The number of anilines is 1. The third kappa shape index (κ3) is 3.63. The van der Waals surface area contributed by atoms with Crippen LogP contribution in [0.25, 0.3) is 16.7 Å². The van der Waals surface area contributed by atoms with Crippen LogP contribution in [0.3, 0.4) is 0 Å². The largest absolute Gasteiger partial charge is 0.326 e. The third-order valence-electron chi connectivity index (χ3n) is 5.37. The van der Waals surface area contributed by atoms with Crippen LogP contribution < -0.4 is 10.9 Å². The zero-order valence-corrected chi connectivity index (χ0v) is 18.0. The van der Waals surface area contributed by atoms with E-state index in [9.17, 15) is 9.59 Å². The molecule has 5 rings (SSSR count). The molecular weight excluding hydrogens is 410 g/mol. The van der Waals surface area contributed by atoms with Crippen molar-refractivity contribution in [1.29, 1.82) is 0 Å². The van der Waals surface area contributed by atoms with E-state index in [0.29, 0.717) is 21.9 Å². The molecule has 1 amide bonds. The Bertz CT molecular complexity index is 1360. The molecule has 1 aliphatic heterocycles. The first-order valence-corrected chi connectivity index (χ1v) is 11.0. The second kappa shape index (κ2) is 7.70. The second-order valence-corrected chi connectivity index (χ2v) is 8.77. The molecule has 3 heterocycles. The summed E-state index contributed by atoms with van der Waals surface area (Å²) in [5, 5.41) is 8.40. The molecule has 1 N–H and O–H groups in total. The molecule has 0 saturated heterocycles. The van der Waals surface area contributed by atoms with Gasteiger partial charge in [0.1, 0.15) is 5.39 Å². The molecule has 2 aromatic carbocycles. The van der Waals surface area contributed by atoms with Gasteiger partial charge in [-0.3, -0.25) is 14.2 Å². The van der Waals surface area contributed by atoms with Crippen molar-refractivity contribution in [2.75, 3.05) is 11.1 Å². The number of rotatable bonds is 4. The van der Waals surface area contributed by atoms with Gasteiger partial charge < -0.3 is 5.32 Å². The van der Waals surface area contributed by atoms with E-state index in [2.05, 4.69) is 10.4 Å². The fourth-order valence-corrected chi connectivity index (χ4v) is 4.92. The summed E-state index contributed by atoms with van der Waals surface area (Å²) in [4.78, 5) is 30.6. The lowest BCUT2D eigenvalue weighted by atomic mass is 10.2. The highest BCUT2D eigenvalue weighted by molar-refractivity contribution is 7.99. The average Bonchev–Trinajstić information content (AvgIpc) is 3.35. The van der Waals surface area contributed by atoms with Crippen molar-refractivity contribution in [2.45, 2.75) is 31.5 Å². The molecular formula is C23H21N5O2S. The van der Waals surface area contributed by atoms with Gasteiger partial charge in [-0.1, -0.05) is 41.6 Å². The van der Waals surface area contributed by atoms with E-state index in [1.54, 1.807) is 15.4 Å². The smallest absolute Gasteiger partial charge is 0.265 e. The highest BCUT2D eigenvalue weighted by Gasteiger charge is 2.29. The van der Waals surface area contributed by atoms with E-state index < -0.39 is 0 Å². The zero-order valence-electron chi connectivity index (χ0n) is 17.2. The van der Waals surface area contributed by atoms with Crippen LogP contribution in [0.1, 0.15) is 23.6 Å². The van der Waals surface area contributed by atoms with Crippen molar-refractivity contribution >= 4 is 34.4 Å². The van der Waals surface area contributed by atoms with Crippen molar-refractivity contribution < 1.29 is 4.79 Å². The Labute approximate surface area is 183 Å². The van der Waals surface area contributed by atoms with Crippen molar-refractivity contribution in [3.63, 3.8) is 0 Å². The Balaban J connectivity index is 1.44. The number of fused-ring (bicyclic) bond motifs is 2. The Morgan fingerprint density at radius 3 is 2.74 bits per heavy atom. The summed E-state index contributed by atoms with van der Waals surface area (Å²) in [6.07, 6.45) is 1.78. The van der Waals surface area contributed by atoms with Crippen molar-refractivity contribution in [3.05, 3.63) is 76.2 Å². The third-order valence-corrected chi connectivity index (χ3v) is 6.47. The molecule has 31 heavy (non-hydrogen) atoms. The van der Waals surface area contributed by atoms with Gasteiger partial charge in [-0.15, -0.1) is 0 Å². The first-order valence-electron chi connectivity index (χ1n) is 10.1. The number of aromatic nitrogens is 4. The number of aryl methyl sites for hydroxylation is 2. The van der Waals surface area contributed by atoms with Gasteiger partial charge in [-0.05, 0) is 43.7 Å². The van der Waals surface area contributed by atoms with Crippen LogP contribution in [0.5, 0.6) is 0 Å². The zero-order chi connectivity index (χ0) is 21.5. The normalized spacial score (nSPS) is 15.2. The fraction of sp³-hybridized carbons (Fsp3) is 0.217. The summed E-state index contributed by atoms with van der Waals surface area (Å²) in [5.41, 5.74) is 4.24. The van der Waals surface area contributed by atoms with Gasteiger partial charge in [0.05, 0.1) is 17.9 Å². The summed E-state index contributed by atoms with van der Waals surface area (Å²) < 4.78 is 3.34. The Morgan fingerprint density at radius 2 is 1.97 bits per heavy atom. The summed E-state index contributed by atoms with van der Waals surface area (Å²) in [6.45, 7) is 4.01. The predicted molar refractivity (Wildman–Crippen MR) is 122 cm³/mol. The van der Waals surface area contributed by atoms with E-state index in [-0.39, 0.29) is 23.9 Å². The van der Waals surface area contributed by atoms with Crippen molar-refractivity contribution in [2.24, 2.45) is 0 Å². The van der Waals surface area contributed by atoms with Gasteiger partial charge in [-0.2, -0.15) is 5.10 Å².